The molecule has 0 radical (unpaired) electrons. The Bertz CT molecular complexity index is 474. The fourth-order valence-electron chi connectivity index (χ4n) is 1.38. The third-order valence-corrected chi connectivity index (χ3v) is 2.40. The van der Waals surface area contributed by atoms with Gasteiger partial charge in [0, 0.05) is 19.9 Å². The van der Waals surface area contributed by atoms with Crippen molar-refractivity contribution < 1.29 is 14.3 Å². The van der Waals surface area contributed by atoms with Crippen LogP contribution in [0.1, 0.15) is 35.7 Å². The number of nitrogens with one attached hydrogen (secondary N) is 1. The molecule has 5 nitrogen and oxygen atoms in total. The molecule has 0 aromatic heterocycles. The van der Waals surface area contributed by atoms with Gasteiger partial charge in [-0.05, 0) is 24.1 Å². The maximum Gasteiger partial charge on any atom is 0.338 e. The highest BCUT2D eigenvalue weighted by atomic mass is 16.5. The van der Waals surface area contributed by atoms with Crippen molar-refractivity contribution in [2.24, 2.45) is 0 Å². The Morgan fingerprint density at radius 3 is 2.58 bits per heavy atom. The molecule has 0 atom stereocenters. The quantitative estimate of drug-likeness (QED) is 0.624. The summed E-state index contributed by atoms with van der Waals surface area (Å²) in [7, 11) is 0. The maximum atomic E-state index is 11.6. The van der Waals surface area contributed by atoms with Gasteiger partial charge in [-0.1, -0.05) is 12.1 Å². The van der Waals surface area contributed by atoms with Gasteiger partial charge in [-0.3, -0.25) is 4.79 Å². The maximum absolute atomic E-state index is 11.6. The van der Waals surface area contributed by atoms with Crippen molar-refractivity contribution in [3.8, 4) is 6.07 Å². The third-order valence-electron chi connectivity index (χ3n) is 2.40. The zero-order valence-electron chi connectivity index (χ0n) is 10.8. The summed E-state index contributed by atoms with van der Waals surface area (Å²) in [5.74, 6) is -0.495. The van der Waals surface area contributed by atoms with Crippen LogP contribution in [-0.2, 0) is 16.1 Å². The Balaban J connectivity index is 2.44. The number of nitriles is 1. The number of amides is 1. The second-order valence-corrected chi connectivity index (χ2v) is 4.00. The summed E-state index contributed by atoms with van der Waals surface area (Å²) in [5, 5.41) is 11.0. The van der Waals surface area contributed by atoms with Crippen LogP contribution in [0.25, 0.3) is 0 Å². The van der Waals surface area contributed by atoms with Gasteiger partial charge in [0.2, 0.25) is 5.91 Å². The van der Waals surface area contributed by atoms with E-state index in [-0.39, 0.29) is 12.5 Å². The van der Waals surface area contributed by atoms with Gasteiger partial charge in [0.25, 0.3) is 0 Å². The Hall–Kier alpha value is -2.35. The number of unbranched alkanes of at least 4 members (excludes halogenated alkanes) is 1. The monoisotopic (exact) mass is 260 g/mol. The molecule has 5 heteroatoms. The first-order valence-electron chi connectivity index (χ1n) is 6.01. The summed E-state index contributed by atoms with van der Waals surface area (Å²) in [6.07, 6.45) is 0.922. The van der Waals surface area contributed by atoms with Crippen LogP contribution in [0.4, 0.5) is 0 Å². The molecule has 0 saturated carbocycles. The van der Waals surface area contributed by atoms with E-state index in [2.05, 4.69) is 5.32 Å². The molecular weight excluding hydrogens is 244 g/mol. The van der Waals surface area contributed by atoms with Crippen molar-refractivity contribution in [2.75, 3.05) is 6.61 Å². The Morgan fingerprint density at radius 2 is 2.00 bits per heavy atom. The van der Waals surface area contributed by atoms with Crippen LogP contribution in [0.5, 0.6) is 0 Å². The summed E-state index contributed by atoms with van der Waals surface area (Å²) in [5.41, 5.74) is 1.37. The lowest BCUT2D eigenvalue weighted by molar-refractivity contribution is -0.119. The molecule has 1 rings (SSSR count). The summed E-state index contributed by atoms with van der Waals surface area (Å²) >= 11 is 0. The van der Waals surface area contributed by atoms with E-state index in [1.165, 1.54) is 6.92 Å². The Kier molecular flexibility index (Phi) is 6.10. The highest BCUT2D eigenvalue weighted by molar-refractivity contribution is 5.89. The number of hydrogen-bond acceptors (Lipinski definition) is 4. The number of nitrogens with zero attached hydrogens (tertiary/aromatic N) is 1. The zero-order valence-corrected chi connectivity index (χ0v) is 10.8. The molecule has 0 bridgehead atoms. The zero-order chi connectivity index (χ0) is 14.1. The van der Waals surface area contributed by atoms with Gasteiger partial charge in [0.05, 0.1) is 18.2 Å². The van der Waals surface area contributed by atoms with Crippen molar-refractivity contribution >= 4 is 11.9 Å². The van der Waals surface area contributed by atoms with Gasteiger partial charge < -0.3 is 10.1 Å². The van der Waals surface area contributed by atoms with Crippen molar-refractivity contribution in [1.29, 1.82) is 5.26 Å². The second kappa shape index (κ2) is 7.88. The fourth-order valence-corrected chi connectivity index (χ4v) is 1.38. The number of hydrogen-bond donors (Lipinski definition) is 1. The van der Waals surface area contributed by atoms with Crippen molar-refractivity contribution in [3.63, 3.8) is 0 Å². The minimum absolute atomic E-state index is 0.0963. The molecule has 0 unspecified atom stereocenters. The standard InChI is InChI=1S/C14H16N2O3/c1-11(17)16-10-12-4-6-13(7-5-12)14(18)19-9-3-2-8-15/h4-7H,2-3,9-10H2,1H3,(H,16,17). The number of rotatable bonds is 6. The molecule has 0 heterocycles. The molecule has 0 fully saturated rings. The highest BCUT2D eigenvalue weighted by Gasteiger charge is 2.06. The van der Waals surface area contributed by atoms with Crippen LogP contribution in [0.2, 0.25) is 0 Å². The average Bonchev–Trinajstić information content (AvgIpc) is 2.41. The second-order valence-electron chi connectivity index (χ2n) is 4.00. The molecule has 0 aliphatic heterocycles. The minimum atomic E-state index is -0.399. The molecule has 0 aliphatic rings. The summed E-state index contributed by atoms with van der Waals surface area (Å²) in [4.78, 5) is 22.4. The number of ether oxygens (including phenoxy) is 1. The predicted octanol–water partition coefficient (Wildman–Crippen LogP) is 1.78. The molecule has 1 aromatic carbocycles. The molecule has 1 amide bonds. The Morgan fingerprint density at radius 1 is 1.32 bits per heavy atom. The van der Waals surface area contributed by atoms with Crippen LogP contribution in [0, 0.1) is 11.3 Å². The topological polar surface area (TPSA) is 79.2 Å². The van der Waals surface area contributed by atoms with Crippen LogP contribution >= 0.6 is 0 Å². The third kappa shape index (κ3) is 5.68. The number of esters is 1. The van der Waals surface area contributed by atoms with E-state index >= 15 is 0 Å². The largest absolute Gasteiger partial charge is 0.462 e. The van der Waals surface area contributed by atoms with Crippen LogP contribution in [0.3, 0.4) is 0 Å². The first-order valence-corrected chi connectivity index (χ1v) is 6.01. The van der Waals surface area contributed by atoms with Crippen LogP contribution in [-0.4, -0.2) is 18.5 Å². The highest BCUT2D eigenvalue weighted by Crippen LogP contribution is 2.06. The van der Waals surface area contributed by atoms with Gasteiger partial charge in [0.1, 0.15) is 0 Å². The van der Waals surface area contributed by atoms with E-state index in [0.29, 0.717) is 24.9 Å². The normalized spacial score (nSPS) is 9.47. The van der Waals surface area contributed by atoms with Crippen LogP contribution in [0.15, 0.2) is 24.3 Å². The summed E-state index contributed by atoms with van der Waals surface area (Å²) < 4.78 is 5.01. The van der Waals surface area contributed by atoms with Gasteiger partial charge in [0.15, 0.2) is 0 Å². The first kappa shape index (κ1) is 14.7. The van der Waals surface area contributed by atoms with Gasteiger partial charge in [-0.25, -0.2) is 4.79 Å². The average molecular weight is 260 g/mol. The predicted molar refractivity (Wildman–Crippen MR) is 69.1 cm³/mol. The summed E-state index contributed by atoms with van der Waals surface area (Å²) in [6, 6.07) is 8.83. The van der Waals surface area contributed by atoms with Crippen molar-refractivity contribution in [3.05, 3.63) is 35.4 Å². The smallest absolute Gasteiger partial charge is 0.338 e. The molecule has 1 N–H and O–H groups in total. The van der Waals surface area contributed by atoms with Crippen molar-refractivity contribution in [1.82, 2.24) is 5.32 Å². The lowest BCUT2D eigenvalue weighted by Crippen LogP contribution is -2.18. The number of carbonyl (C=O) groups excluding carboxylic acids is 2. The van der Waals surface area contributed by atoms with E-state index in [9.17, 15) is 9.59 Å². The molecule has 0 aliphatic carbocycles. The lowest BCUT2D eigenvalue weighted by Gasteiger charge is -2.05. The van der Waals surface area contributed by atoms with E-state index in [0.717, 1.165) is 5.56 Å². The summed E-state index contributed by atoms with van der Waals surface area (Å²) in [6.45, 7) is 2.14. The molecular formula is C14H16N2O3. The molecule has 0 saturated heterocycles. The van der Waals surface area contributed by atoms with E-state index in [4.69, 9.17) is 10.00 Å². The first-order chi connectivity index (χ1) is 9.13. The van der Waals surface area contributed by atoms with E-state index in [1.54, 1.807) is 24.3 Å². The van der Waals surface area contributed by atoms with Gasteiger partial charge in [-0.2, -0.15) is 5.26 Å². The van der Waals surface area contributed by atoms with Crippen molar-refractivity contribution in [2.45, 2.75) is 26.3 Å². The van der Waals surface area contributed by atoms with Gasteiger partial charge in [-0.15, -0.1) is 0 Å². The van der Waals surface area contributed by atoms with E-state index < -0.39 is 5.97 Å². The van der Waals surface area contributed by atoms with E-state index in [1.807, 2.05) is 6.07 Å². The minimum Gasteiger partial charge on any atom is -0.462 e. The Labute approximate surface area is 112 Å². The van der Waals surface area contributed by atoms with Crippen LogP contribution < -0.4 is 5.32 Å². The van der Waals surface area contributed by atoms with Gasteiger partial charge >= 0.3 is 5.97 Å². The lowest BCUT2D eigenvalue weighted by atomic mass is 10.1. The molecule has 19 heavy (non-hydrogen) atoms. The molecule has 0 spiro atoms. The number of carbonyl (C=O) groups is 2. The number of benzene rings is 1. The molecule has 1 aromatic rings. The molecule has 100 valence electrons. The fraction of sp³-hybridized carbons (Fsp3) is 0.357. The SMILES string of the molecule is CC(=O)NCc1ccc(C(=O)OCCCC#N)cc1.